The van der Waals surface area contributed by atoms with Gasteiger partial charge in [-0.25, -0.2) is 4.79 Å². The molecular weight excluding hydrogens is 204 g/mol. The van der Waals surface area contributed by atoms with Gasteiger partial charge >= 0.3 is 5.97 Å². The molecule has 0 bridgehead atoms. The Morgan fingerprint density at radius 3 is 2.94 bits per heavy atom. The van der Waals surface area contributed by atoms with Crippen LogP contribution in [-0.2, 0) is 4.74 Å². The zero-order valence-electron chi connectivity index (χ0n) is 9.33. The fourth-order valence-corrected chi connectivity index (χ4v) is 1.61. The Kier molecular flexibility index (Phi) is 2.81. The Balaban J connectivity index is 2.39. The molecule has 84 valence electrons. The quantitative estimate of drug-likeness (QED) is 0.778. The topological polar surface area (TPSA) is 54.1 Å². The summed E-state index contributed by atoms with van der Waals surface area (Å²) in [5, 5.41) is 4.05. The van der Waals surface area contributed by atoms with Crippen molar-refractivity contribution in [3.63, 3.8) is 0 Å². The smallest absolute Gasteiger partial charge is 0.354 e. The standard InChI is InChI=1S/C12H14N2O2/c1-3-16-12(15)11-7-8-6-9(13-2)4-5-10(8)14-11/h4-7,13-14H,3H2,1-2H3. The third-order valence-electron chi connectivity index (χ3n) is 2.40. The first-order valence-electron chi connectivity index (χ1n) is 5.22. The third kappa shape index (κ3) is 1.86. The van der Waals surface area contributed by atoms with E-state index in [4.69, 9.17) is 4.74 Å². The van der Waals surface area contributed by atoms with Crippen LogP contribution < -0.4 is 5.32 Å². The summed E-state index contributed by atoms with van der Waals surface area (Å²) in [6.07, 6.45) is 0. The van der Waals surface area contributed by atoms with Crippen molar-refractivity contribution in [3.05, 3.63) is 30.0 Å². The molecule has 4 nitrogen and oxygen atoms in total. The van der Waals surface area contributed by atoms with Crippen LogP contribution in [-0.4, -0.2) is 24.6 Å². The summed E-state index contributed by atoms with van der Waals surface area (Å²) in [4.78, 5) is 14.5. The lowest BCUT2D eigenvalue weighted by Crippen LogP contribution is -2.04. The molecule has 0 aliphatic carbocycles. The molecule has 0 atom stereocenters. The molecule has 2 N–H and O–H groups in total. The largest absolute Gasteiger partial charge is 0.461 e. The van der Waals surface area contributed by atoms with Gasteiger partial charge in [0.05, 0.1) is 6.61 Å². The van der Waals surface area contributed by atoms with E-state index in [1.807, 2.05) is 25.2 Å². The molecule has 1 aromatic carbocycles. The number of fused-ring (bicyclic) bond motifs is 1. The Bertz CT molecular complexity index is 517. The molecule has 1 aromatic heterocycles. The molecule has 0 amide bonds. The Labute approximate surface area is 93.6 Å². The first-order chi connectivity index (χ1) is 7.74. The van der Waals surface area contributed by atoms with Crippen molar-refractivity contribution < 1.29 is 9.53 Å². The minimum absolute atomic E-state index is 0.315. The van der Waals surface area contributed by atoms with Gasteiger partial charge in [-0.05, 0) is 31.2 Å². The second kappa shape index (κ2) is 4.26. The van der Waals surface area contributed by atoms with Crippen LogP contribution in [0.15, 0.2) is 24.3 Å². The van der Waals surface area contributed by atoms with Crippen LogP contribution in [0.5, 0.6) is 0 Å². The number of esters is 1. The number of benzene rings is 1. The SMILES string of the molecule is CCOC(=O)c1cc2cc(NC)ccc2[nH]1. The molecule has 0 aliphatic heterocycles. The molecule has 2 rings (SSSR count). The number of hydrogen-bond donors (Lipinski definition) is 2. The maximum Gasteiger partial charge on any atom is 0.354 e. The lowest BCUT2D eigenvalue weighted by Gasteiger charge is -1.97. The van der Waals surface area contributed by atoms with Crippen LogP contribution >= 0.6 is 0 Å². The number of nitrogens with one attached hydrogen (secondary N) is 2. The van der Waals surface area contributed by atoms with E-state index < -0.39 is 0 Å². The van der Waals surface area contributed by atoms with Gasteiger partial charge in [-0.3, -0.25) is 0 Å². The highest BCUT2D eigenvalue weighted by molar-refractivity contribution is 5.95. The van der Waals surface area contributed by atoms with Crippen molar-refractivity contribution >= 4 is 22.6 Å². The summed E-state index contributed by atoms with van der Waals surface area (Å²) in [7, 11) is 1.86. The number of aromatic nitrogens is 1. The lowest BCUT2D eigenvalue weighted by molar-refractivity contribution is 0.0520. The number of carbonyl (C=O) groups excluding carboxylic acids is 1. The van der Waals surface area contributed by atoms with E-state index in [1.165, 1.54) is 0 Å². The van der Waals surface area contributed by atoms with Crippen molar-refractivity contribution in [2.75, 3.05) is 19.0 Å². The van der Waals surface area contributed by atoms with Crippen LogP contribution in [0.3, 0.4) is 0 Å². The number of carbonyl (C=O) groups is 1. The van der Waals surface area contributed by atoms with E-state index in [0.29, 0.717) is 12.3 Å². The summed E-state index contributed by atoms with van der Waals surface area (Å²) in [6.45, 7) is 2.18. The number of anilines is 1. The summed E-state index contributed by atoms with van der Waals surface area (Å²) in [5.74, 6) is -0.315. The van der Waals surface area contributed by atoms with Crippen LogP contribution in [0.4, 0.5) is 5.69 Å². The predicted octanol–water partition coefficient (Wildman–Crippen LogP) is 2.39. The maximum atomic E-state index is 11.5. The van der Waals surface area contributed by atoms with Gasteiger partial charge in [0.1, 0.15) is 5.69 Å². The number of hydrogen-bond acceptors (Lipinski definition) is 3. The van der Waals surface area contributed by atoms with Crippen LogP contribution in [0.25, 0.3) is 10.9 Å². The van der Waals surface area contributed by atoms with Gasteiger partial charge in [0.25, 0.3) is 0 Å². The van der Waals surface area contributed by atoms with Gasteiger partial charge in [0.15, 0.2) is 0 Å². The second-order valence-electron chi connectivity index (χ2n) is 3.46. The normalized spacial score (nSPS) is 10.4. The molecule has 0 saturated carbocycles. The minimum atomic E-state index is -0.315. The van der Waals surface area contributed by atoms with E-state index in [2.05, 4.69) is 10.3 Å². The molecule has 0 unspecified atom stereocenters. The second-order valence-corrected chi connectivity index (χ2v) is 3.46. The van der Waals surface area contributed by atoms with Gasteiger partial charge in [0, 0.05) is 23.6 Å². The first kappa shape index (κ1) is 10.5. The van der Waals surface area contributed by atoms with Gasteiger partial charge in [-0.15, -0.1) is 0 Å². The molecule has 16 heavy (non-hydrogen) atoms. The van der Waals surface area contributed by atoms with Crippen molar-refractivity contribution in [2.24, 2.45) is 0 Å². The lowest BCUT2D eigenvalue weighted by atomic mass is 10.2. The molecule has 0 radical (unpaired) electrons. The van der Waals surface area contributed by atoms with Gasteiger partial charge in [-0.1, -0.05) is 0 Å². The van der Waals surface area contributed by atoms with E-state index in [-0.39, 0.29) is 5.97 Å². The molecule has 4 heteroatoms. The monoisotopic (exact) mass is 218 g/mol. The fraction of sp³-hybridized carbons (Fsp3) is 0.250. The van der Waals surface area contributed by atoms with E-state index in [9.17, 15) is 4.79 Å². The van der Waals surface area contributed by atoms with E-state index in [1.54, 1.807) is 13.0 Å². The van der Waals surface area contributed by atoms with Gasteiger partial charge < -0.3 is 15.0 Å². The molecule has 0 spiro atoms. The van der Waals surface area contributed by atoms with Crippen molar-refractivity contribution in [2.45, 2.75) is 6.92 Å². The molecule has 0 saturated heterocycles. The Morgan fingerprint density at radius 2 is 2.25 bits per heavy atom. The maximum absolute atomic E-state index is 11.5. The van der Waals surface area contributed by atoms with Crippen LogP contribution in [0, 0.1) is 0 Å². The van der Waals surface area contributed by atoms with E-state index >= 15 is 0 Å². The number of rotatable bonds is 3. The third-order valence-corrected chi connectivity index (χ3v) is 2.40. The fourth-order valence-electron chi connectivity index (χ4n) is 1.61. The van der Waals surface area contributed by atoms with Crippen molar-refractivity contribution in [1.29, 1.82) is 0 Å². The highest BCUT2D eigenvalue weighted by atomic mass is 16.5. The summed E-state index contributed by atoms with van der Waals surface area (Å²) in [5.41, 5.74) is 2.44. The Morgan fingerprint density at radius 1 is 1.44 bits per heavy atom. The van der Waals surface area contributed by atoms with Crippen LogP contribution in [0.2, 0.25) is 0 Å². The first-order valence-corrected chi connectivity index (χ1v) is 5.22. The number of ether oxygens (including phenoxy) is 1. The number of H-pyrrole nitrogens is 1. The highest BCUT2D eigenvalue weighted by Gasteiger charge is 2.09. The summed E-state index contributed by atoms with van der Waals surface area (Å²) < 4.78 is 4.93. The van der Waals surface area contributed by atoms with Crippen molar-refractivity contribution in [3.8, 4) is 0 Å². The summed E-state index contributed by atoms with van der Waals surface area (Å²) in [6, 6.07) is 7.67. The van der Waals surface area contributed by atoms with Crippen molar-refractivity contribution in [1.82, 2.24) is 4.98 Å². The van der Waals surface area contributed by atoms with Crippen LogP contribution in [0.1, 0.15) is 17.4 Å². The molecule has 0 fully saturated rings. The Hall–Kier alpha value is -1.97. The van der Waals surface area contributed by atoms with E-state index in [0.717, 1.165) is 16.6 Å². The average Bonchev–Trinajstić information content (AvgIpc) is 2.71. The van der Waals surface area contributed by atoms with Gasteiger partial charge in [0.2, 0.25) is 0 Å². The zero-order chi connectivity index (χ0) is 11.5. The minimum Gasteiger partial charge on any atom is -0.461 e. The van der Waals surface area contributed by atoms with Gasteiger partial charge in [-0.2, -0.15) is 0 Å². The molecule has 2 aromatic rings. The highest BCUT2D eigenvalue weighted by Crippen LogP contribution is 2.20. The number of aromatic amines is 1. The molecular formula is C12H14N2O2. The summed E-state index contributed by atoms with van der Waals surface area (Å²) >= 11 is 0. The average molecular weight is 218 g/mol. The zero-order valence-corrected chi connectivity index (χ0v) is 9.33. The molecule has 1 heterocycles. The predicted molar refractivity (Wildman–Crippen MR) is 63.8 cm³/mol. The molecule has 0 aliphatic rings.